The van der Waals surface area contributed by atoms with Crippen molar-refractivity contribution < 1.29 is 38.0 Å². The van der Waals surface area contributed by atoms with Crippen molar-refractivity contribution in [2.75, 3.05) is 42.7 Å². The molecule has 0 saturated heterocycles. The molecule has 10 heteroatoms. The molecule has 42 heavy (non-hydrogen) atoms. The van der Waals surface area contributed by atoms with Crippen molar-refractivity contribution in [3.05, 3.63) is 43.7 Å². The minimum atomic E-state index is -0.485. The lowest BCUT2D eigenvalue weighted by Crippen LogP contribution is -2.17. The fourth-order valence-electron chi connectivity index (χ4n) is 6.21. The van der Waals surface area contributed by atoms with Gasteiger partial charge in [-0.2, -0.15) is 0 Å². The molecule has 0 bridgehead atoms. The van der Waals surface area contributed by atoms with Crippen molar-refractivity contribution in [2.24, 2.45) is 0 Å². The molecule has 0 aliphatic rings. The number of benzene rings is 5. The summed E-state index contributed by atoms with van der Waals surface area (Å²) in [5.74, 6) is 0.557. The van der Waals surface area contributed by atoms with Gasteiger partial charge in [-0.25, -0.2) is 0 Å². The standard InChI is InChI=1S/C32H30O10/c1-13(33)9-15-21-22-16(10-14(2)34)32(42-8)30(36)26-20(40-6)12-18(38-4)24(28(22)26)23-17(37-3)11-19(39-5)25(27(21)23)29(35)31(15)41-7/h11-12H,9-10H2,1-8H3. The van der Waals surface area contributed by atoms with Crippen molar-refractivity contribution in [1.82, 2.24) is 0 Å². The van der Waals surface area contributed by atoms with Gasteiger partial charge in [0.05, 0.1) is 53.4 Å². The summed E-state index contributed by atoms with van der Waals surface area (Å²) >= 11 is 0. The van der Waals surface area contributed by atoms with Crippen LogP contribution in [0.2, 0.25) is 0 Å². The van der Waals surface area contributed by atoms with Crippen molar-refractivity contribution in [2.45, 2.75) is 26.7 Å². The van der Waals surface area contributed by atoms with Crippen LogP contribution >= 0.6 is 0 Å². The number of rotatable bonds is 10. The third-order valence-electron chi connectivity index (χ3n) is 7.67. The fourth-order valence-corrected chi connectivity index (χ4v) is 6.21. The van der Waals surface area contributed by atoms with Crippen molar-refractivity contribution in [3.8, 4) is 34.5 Å². The molecule has 5 aromatic carbocycles. The van der Waals surface area contributed by atoms with E-state index in [2.05, 4.69) is 0 Å². The minimum absolute atomic E-state index is 0.0486. The van der Waals surface area contributed by atoms with Crippen LogP contribution in [-0.2, 0) is 22.4 Å². The van der Waals surface area contributed by atoms with Gasteiger partial charge in [0.2, 0.25) is 10.9 Å². The first-order valence-corrected chi connectivity index (χ1v) is 13.1. The molecule has 0 radical (unpaired) electrons. The summed E-state index contributed by atoms with van der Waals surface area (Å²) in [5, 5.41) is 2.99. The van der Waals surface area contributed by atoms with E-state index in [1.807, 2.05) is 0 Å². The normalized spacial score (nSPS) is 11.4. The van der Waals surface area contributed by atoms with Crippen LogP contribution in [0.4, 0.5) is 0 Å². The van der Waals surface area contributed by atoms with Crippen molar-refractivity contribution >= 4 is 54.7 Å². The Hall–Kier alpha value is -4.86. The number of hydrogen-bond donors (Lipinski definition) is 0. The second kappa shape index (κ2) is 10.5. The predicted octanol–water partition coefficient (Wildman–Crippen LogP) is 4.21. The summed E-state index contributed by atoms with van der Waals surface area (Å²) in [5.41, 5.74) is -0.362. The van der Waals surface area contributed by atoms with E-state index in [0.29, 0.717) is 54.9 Å². The highest BCUT2D eigenvalue weighted by atomic mass is 16.5. The van der Waals surface area contributed by atoms with Crippen LogP contribution in [0.5, 0.6) is 34.5 Å². The van der Waals surface area contributed by atoms with E-state index in [-0.39, 0.29) is 58.2 Å². The molecule has 0 aliphatic carbocycles. The van der Waals surface area contributed by atoms with E-state index in [1.54, 1.807) is 12.1 Å². The zero-order chi connectivity index (χ0) is 30.6. The Balaban J connectivity index is 2.41. The summed E-state index contributed by atoms with van der Waals surface area (Å²) in [6.07, 6.45) is -0.330. The van der Waals surface area contributed by atoms with Crippen LogP contribution in [-0.4, -0.2) is 54.2 Å². The van der Waals surface area contributed by atoms with Crippen molar-refractivity contribution in [3.63, 3.8) is 0 Å². The van der Waals surface area contributed by atoms with E-state index in [9.17, 15) is 19.2 Å². The average Bonchev–Trinajstić information content (AvgIpc) is 2.96. The Morgan fingerprint density at radius 1 is 0.476 bits per heavy atom. The first kappa shape index (κ1) is 28.7. The molecule has 0 heterocycles. The number of hydrogen-bond acceptors (Lipinski definition) is 10. The van der Waals surface area contributed by atoms with Crippen LogP contribution in [0.15, 0.2) is 21.7 Å². The lowest BCUT2D eigenvalue weighted by Gasteiger charge is -2.25. The van der Waals surface area contributed by atoms with Crippen LogP contribution < -0.4 is 39.3 Å². The first-order valence-electron chi connectivity index (χ1n) is 13.1. The molecule has 0 aromatic heterocycles. The maximum absolute atomic E-state index is 14.1. The molecule has 0 spiro atoms. The molecule has 0 fully saturated rings. The smallest absolute Gasteiger partial charge is 0.232 e. The summed E-state index contributed by atoms with van der Waals surface area (Å²) in [7, 11) is 8.53. The molecular formula is C32H30O10. The maximum atomic E-state index is 14.1. The van der Waals surface area contributed by atoms with Gasteiger partial charge >= 0.3 is 0 Å². The summed E-state index contributed by atoms with van der Waals surface area (Å²) in [6.45, 7) is 2.81. The third kappa shape index (κ3) is 3.85. The number of methoxy groups -OCH3 is 6. The van der Waals surface area contributed by atoms with Gasteiger partial charge in [0.15, 0.2) is 11.5 Å². The Kier molecular flexibility index (Phi) is 7.18. The van der Waals surface area contributed by atoms with Crippen LogP contribution in [0, 0.1) is 0 Å². The average molecular weight is 575 g/mol. The second-order valence-corrected chi connectivity index (χ2v) is 10.0. The third-order valence-corrected chi connectivity index (χ3v) is 7.67. The first-order chi connectivity index (χ1) is 20.1. The Labute approximate surface area is 240 Å². The highest BCUT2D eigenvalue weighted by molar-refractivity contribution is 6.38. The van der Waals surface area contributed by atoms with Crippen molar-refractivity contribution in [1.29, 1.82) is 0 Å². The molecule has 10 nitrogen and oxygen atoms in total. The number of carbonyl (C=O) groups is 2. The number of carbonyl (C=O) groups excluding carboxylic acids is 2. The van der Waals surface area contributed by atoms with Gasteiger partial charge in [0, 0.05) is 57.6 Å². The minimum Gasteiger partial charge on any atom is -0.496 e. The molecule has 5 rings (SSSR count). The summed E-state index contributed by atoms with van der Waals surface area (Å²) in [4.78, 5) is 53.6. The quantitative estimate of drug-likeness (QED) is 0.177. The van der Waals surface area contributed by atoms with Crippen LogP contribution in [0.3, 0.4) is 0 Å². The summed E-state index contributed by atoms with van der Waals surface area (Å²) in [6, 6.07) is 3.18. The number of ether oxygens (including phenoxy) is 6. The highest BCUT2D eigenvalue weighted by Crippen LogP contribution is 2.53. The SMILES string of the molecule is COc1c(CC(C)=O)c2c3c(CC(C)=O)c(OC)c(=O)c4c(OC)cc(OC)c(c5c(OC)cc(OC)c(c1=O)c52)c43. The van der Waals surface area contributed by atoms with E-state index in [1.165, 1.54) is 56.5 Å². The largest absolute Gasteiger partial charge is 0.496 e. The van der Waals surface area contributed by atoms with Crippen LogP contribution in [0.1, 0.15) is 25.0 Å². The van der Waals surface area contributed by atoms with E-state index in [4.69, 9.17) is 28.4 Å². The number of fused-ring (bicyclic) bond motifs is 2. The molecule has 0 saturated carbocycles. The molecule has 0 amide bonds. The topological polar surface area (TPSA) is 124 Å². The molecule has 5 aromatic rings. The molecule has 0 atom stereocenters. The van der Waals surface area contributed by atoms with Gasteiger partial charge < -0.3 is 28.4 Å². The lowest BCUT2D eigenvalue weighted by atomic mass is 9.82. The second-order valence-electron chi connectivity index (χ2n) is 10.0. The van der Waals surface area contributed by atoms with Gasteiger partial charge in [-0.15, -0.1) is 0 Å². The fraction of sp³-hybridized carbons (Fsp3) is 0.312. The van der Waals surface area contributed by atoms with E-state index < -0.39 is 10.9 Å². The summed E-state index contributed by atoms with van der Waals surface area (Å²) < 4.78 is 34.4. The Morgan fingerprint density at radius 3 is 1.05 bits per heavy atom. The number of ketones is 2. The van der Waals surface area contributed by atoms with Gasteiger partial charge in [-0.1, -0.05) is 0 Å². The highest BCUT2D eigenvalue weighted by Gasteiger charge is 2.33. The monoisotopic (exact) mass is 574 g/mol. The van der Waals surface area contributed by atoms with E-state index in [0.717, 1.165) is 0 Å². The zero-order valence-corrected chi connectivity index (χ0v) is 24.7. The Bertz CT molecular complexity index is 1900. The maximum Gasteiger partial charge on any atom is 0.232 e. The van der Waals surface area contributed by atoms with Gasteiger partial charge in [0.25, 0.3) is 0 Å². The van der Waals surface area contributed by atoms with Gasteiger partial charge in [-0.3, -0.25) is 19.2 Å². The molecular weight excluding hydrogens is 544 g/mol. The Morgan fingerprint density at radius 2 is 0.786 bits per heavy atom. The molecule has 0 unspecified atom stereocenters. The zero-order valence-electron chi connectivity index (χ0n) is 24.7. The van der Waals surface area contributed by atoms with Gasteiger partial charge in [-0.05, 0) is 24.6 Å². The predicted molar refractivity (Wildman–Crippen MR) is 159 cm³/mol. The number of Topliss-reactive ketones (excluding diaryl/α,β-unsaturated/α-hetero) is 2. The molecule has 0 aliphatic heterocycles. The van der Waals surface area contributed by atoms with Crippen LogP contribution in [0.25, 0.3) is 43.1 Å². The lowest BCUT2D eigenvalue weighted by molar-refractivity contribution is -0.117. The van der Waals surface area contributed by atoms with E-state index >= 15 is 0 Å². The van der Waals surface area contributed by atoms with Gasteiger partial charge in [0.1, 0.15) is 34.6 Å². The molecule has 0 N–H and O–H groups in total. The molecule has 218 valence electrons.